The largest absolute Gasteiger partial charge is 0.478 e. The average molecular weight is 469 g/mol. The molecule has 5 aromatic rings. The molecule has 0 unspecified atom stereocenters. The summed E-state index contributed by atoms with van der Waals surface area (Å²) >= 11 is 0. The molecule has 1 aromatic carbocycles. The summed E-state index contributed by atoms with van der Waals surface area (Å²) in [6, 6.07) is 13.0. The molecule has 0 aliphatic heterocycles. The summed E-state index contributed by atoms with van der Waals surface area (Å²) in [7, 11) is 0. The first kappa shape index (κ1) is 23.9. The molecule has 0 aliphatic rings. The number of aromatic nitrogens is 4. The van der Waals surface area contributed by atoms with Gasteiger partial charge in [0, 0.05) is 35.3 Å². The van der Waals surface area contributed by atoms with Crippen LogP contribution < -0.4 is 0 Å². The van der Waals surface area contributed by atoms with Crippen LogP contribution in [0, 0.1) is 20.8 Å². The van der Waals surface area contributed by atoms with Crippen LogP contribution in [0.15, 0.2) is 65.6 Å². The number of hydrogen-bond acceptors (Lipinski definition) is 5. The lowest BCUT2D eigenvalue weighted by molar-refractivity contribution is 0.0697. The molecule has 4 heterocycles. The van der Waals surface area contributed by atoms with E-state index in [2.05, 4.69) is 33.0 Å². The lowest BCUT2D eigenvalue weighted by Crippen LogP contribution is -2.01. The molecule has 0 spiro atoms. The fourth-order valence-electron chi connectivity index (χ4n) is 4.19. The van der Waals surface area contributed by atoms with E-state index in [-0.39, 0.29) is 5.56 Å². The van der Waals surface area contributed by atoms with Gasteiger partial charge in [0.15, 0.2) is 0 Å². The number of carbonyl (C=O) groups is 1. The first-order valence-electron chi connectivity index (χ1n) is 11.6. The molecule has 178 valence electrons. The Morgan fingerprint density at radius 2 is 1.74 bits per heavy atom. The number of carboxylic acid groups (broad SMARTS) is 1. The number of nitrogens with zero attached hydrogens (tertiary/aromatic N) is 4. The van der Waals surface area contributed by atoms with E-state index in [9.17, 15) is 9.90 Å². The Morgan fingerprint density at radius 1 is 1.00 bits per heavy atom. The Kier molecular flexibility index (Phi) is 6.78. The molecule has 0 saturated carbocycles. The summed E-state index contributed by atoms with van der Waals surface area (Å²) in [6.07, 6.45) is 5.70. The second-order valence-electron chi connectivity index (χ2n) is 8.17. The molecule has 7 heteroatoms. The van der Waals surface area contributed by atoms with Gasteiger partial charge in [-0.2, -0.15) is 0 Å². The van der Waals surface area contributed by atoms with Gasteiger partial charge in [0.2, 0.25) is 0 Å². The molecular weight excluding hydrogens is 440 g/mol. The molecule has 1 N–H and O–H groups in total. The number of benzene rings is 1. The van der Waals surface area contributed by atoms with Crippen LogP contribution in [-0.4, -0.2) is 30.8 Å². The fraction of sp³-hybridized carbons (Fsp3) is 0.214. The van der Waals surface area contributed by atoms with Gasteiger partial charge in [0.25, 0.3) is 0 Å². The number of rotatable bonds is 5. The standard InChI is InChI=1S/C26H22N4O3.C2H6/c1-15-8-9-27-21(10-15)13-30-14-22(18-4-6-19(7-5-18)26(31)32)25-23(30)11-20(12-28-25)24-16(2)29-33-17(24)3;1-2/h4-12,14H,13H2,1-3H3,(H,31,32);1-2H3. The van der Waals surface area contributed by atoms with E-state index in [1.54, 1.807) is 12.1 Å². The predicted octanol–water partition coefficient (Wildman–Crippen LogP) is 6.45. The Balaban J connectivity index is 0.00000141. The molecule has 0 fully saturated rings. The summed E-state index contributed by atoms with van der Waals surface area (Å²) in [5, 5.41) is 13.3. The number of hydrogen-bond donors (Lipinski definition) is 1. The second-order valence-corrected chi connectivity index (χ2v) is 8.17. The number of fused-ring (bicyclic) bond motifs is 1. The molecule has 0 aliphatic carbocycles. The van der Waals surface area contributed by atoms with Gasteiger partial charge in [-0.15, -0.1) is 0 Å². The van der Waals surface area contributed by atoms with E-state index < -0.39 is 5.97 Å². The predicted molar refractivity (Wildman–Crippen MR) is 137 cm³/mol. The van der Waals surface area contributed by atoms with Gasteiger partial charge in [0.05, 0.1) is 34.5 Å². The van der Waals surface area contributed by atoms with Crippen molar-refractivity contribution in [1.29, 1.82) is 0 Å². The van der Waals surface area contributed by atoms with Crippen molar-refractivity contribution in [3.8, 4) is 22.3 Å². The van der Waals surface area contributed by atoms with Gasteiger partial charge in [-0.25, -0.2) is 4.79 Å². The molecule has 4 aromatic heterocycles. The number of aromatic carboxylic acids is 1. The number of pyridine rings is 2. The maximum Gasteiger partial charge on any atom is 0.335 e. The number of aryl methyl sites for hydroxylation is 3. The minimum absolute atomic E-state index is 0.250. The zero-order valence-electron chi connectivity index (χ0n) is 20.5. The summed E-state index contributed by atoms with van der Waals surface area (Å²) < 4.78 is 7.49. The Morgan fingerprint density at radius 3 is 2.37 bits per heavy atom. The highest BCUT2D eigenvalue weighted by Crippen LogP contribution is 2.34. The van der Waals surface area contributed by atoms with Crippen molar-refractivity contribution < 1.29 is 14.4 Å². The van der Waals surface area contributed by atoms with E-state index in [1.807, 2.05) is 65.2 Å². The van der Waals surface area contributed by atoms with Crippen LogP contribution in [-0.2, 0) is 6.54 Å². The Hall–Kier alpha value is -4.26. The normalized spacial score (nSPS) is 10.8. The van der Waals surface area contributed by atoms with Crippen molar-refractivity contribution in [2.24, 2.45) is 0 Å². The van der Waals surface area contributed by atoms with Gasteiger partial charge in [-0.05, 0) is 62.2 Å². The zero-order valence-corrected chi connectivity index (χ0v) is 20.5. The molecular formula is C28H28N4O3. The van der Waals surface area contributed by atoms with Crippen molar-refractivity contribution in [3.63, 3.8) is 0 Å². The fourth-order valence-corrected chi connectivity index (χ4v) is 4.19. The van der Waals surface area contributed by atoms with Crippen LogP contribution in [0.5, 0.6) is 0 Å². The van der Waals surface area contributed by atoms with Crippen LogP contribution >= 0.6 is 0 Å². The average Bonchev–Trinajstić information content (AvgIpc) is 3.39. The van der Waals surface area contributed by atoms with Crippen LogP contribution in [0.3, 0.4) is 0 Å². The molecule has 0 bridgehead atoms. The van der Waals surface area contributed by atoms with E-state index >= 15 is 0 Å². The lowest BCUT2D eigenvalue weighted by Gasteiger charge is -2.07. The van der Waals surface area contributed by atoms with Gasteiger partial charge in [-0.1, -0.05) is 31.1 Å². The van der Waals surface area contributed by atoms with E-state index in [0.29, 0.717) is 6.54 Å². The van der Waals surface area contributed by atoms with E-state index in [0.717, 1.165) is 56.0 Å². The van der Waals surface area contributed by atoms with Crippen molar-refractivity contribution in [2.75, 3.05) is 0 Å². The highest BCUT2D eigenvalue weighted by Gasteiger charge is 2.17. The van der Waals surface area contributed by atoms with Gasteiger partial charge >= 0.3 is 5.97 Å². The highest BCUT2D eigenvalue weighted by molar-refractivity contribution is 5.96. The molecule has 7 nitrogen and oxygen atoms in total. The van der Waals surface area contributed by atoms with Crippen LogP contribution in [0.4, 0.5) is 0 Å². The van der Waals surface area contributed by atoms with E-state index in [1.165, 1.54) is 0 Å². The Labute approximate surface area is 204 Å². The molecule has 0 radical (unpaired) electrons. The molecule has 0 amide bonds. The van der Waals surface area contributed by atoms with Crippen LogP contribution in [0.2, 0.25) is 0 Å². The smallest absolute Gasteiger partial charge is 0.335 e. The summed E-state index contributed by atoms with van der Waals surface area (Å²) in [4.78, 5) is 20.6. The van der Waals surface area contributed by atoms with Crippen molar-refractivity contribution in [1.82, 2.24) is 19.7 Å². The minimum Gasteiger partial charge on any atom is -0.478 e. The third kappa shape index (κ3) is 4.71. The van der Waals surface area contributed by atoms with Crippen molar-refractivity contribution >= 4 is 17.0 Å². The third-order valence-electron chi connectivity index (χ3n) is 5.79. The third-order valence-corrected chi connectivity index (χ3v) is 5.79. The zero-order chi connectivity index (χ0) is 25.1. The Bertz CT molecular complexity index is 1480. The first-order chi connectivity index (χ1) is 16.9. The van der Waals surface area contributed by atoms with Crippen molar-refractivity contribution in [3.05, 3.63) is 89.3 Å². The maximum atomic E-state index is 11.3. The summed E-state index contributed by atoms with van der Waals surface area (Å²) in [6.45, 7) is 10.4. The van der Waals surface area contributed by atoms with E-state index in [4.69, 9.17) is 9.51 Å². The first-order valence-corrected chi connectivity index (χ1v) is 11.6. The molecule has 0 atom stereocenters. The quantitative estimate of drug-likeness (QED) is 0.318. The SMILES string of the molecule is CC.Cc1ccnc(Cn2cc(-c3ccc(C(=O)O)cc3)c3ncc(-c4c(C)noc4C)cc32)c1. The lowest BCUT2D eigenvalue weighted by atomic mass is 10.0. The highest BCUT2D eigenvalue weighted by atomic mass is 16.5. The van der Waals surface area contributed by atoms with Gasteiger partial charge < -0.3 is 14.2 Å². The summed E-state index contributed by atoms with van der Waals surface area (Å²) in [5.74, 6) is -0.201. The maximum absolute atomic E-state index is 11.3. The summed E-state index contributed by atoms with van der Waals surface area (Å²) in [5.41, 5.74) is 8.66. The monoisotopic (exact) mass is 468 g/mol. The molecule has 5 rings (SSSR count). The van der Waals surface area contributed by atoms with Gasteiger partial charge in [-0.3, -0.25) is 9.97 Å². The van der Waals surface area contributed by atoms with Crippen molar-refractivity contribution in [2.45, 2.75) is 41.2 Å². The van der Waals surface area contributed by atoms with Crippen LogP contribution in [0.1, 0.15) is 46.9 Å². The molecule has 0 saturated heterocycles. The molecule has 35 heavy (non-hydrogen) atoms. The second kappa shape index (κ2) is 9.93. The van der Waals surface area contributed by atoms with Crippen LogP contribution in [0.25, 0.3) is 33.3 Å². The number of carboxylic acids is 1. The van der Waals surface area contributed by atoms with Gasteiger partial charge in [0.1, 0.15) is 5.76 Å². The minimum atomic E-state index is -0.947. The topological polar surface area (TPSA) is 94.0 Å².